The number of carbonyl (C=O) groups is 1. The smallest absolute Gasteiger partial charge is 0.262 e. The van der Waals surface area contributed by atoms with Crippen molar-refractivity contribution in [3.8, 4) is 0 Å². The van der Waals surface area contributed by atoms with Crippen LogP contribution in [0, 0.1) is 0 Å². The molecule has 1 rings (SSSR count). The summed E-state index contributed by atoms with van der Waals surface area (Å²) >= 11 is 0. The fourth-order valence-electron chi connectivity index (χ4n) is 1.15. The van der Waals surface area contributed by atoms with Crippen LogP contribution in [0.1, 0.15) is 12.5 Å². The second kappa shape index (κ2) is 3.71. The third kappa shape index (κ3) is 2.67. The van der Waals surface area contributed by atoms with Crippen LogP contribution in [-0.2, 0) is 11.3 Å². The minimum atomic E-state index is 0.184. The molecule has 0 aromatic heterocycles. The second-order valence-electron chi connectivity index (χ2n) is 3.85. The van der Waals surface area contributed by atoms with E-state index in [2.05, 4.69) is 0 Å². The summed E-state index contributed by atoms with van der Waals surface area (Å²) in [5, 5.41) is 0. The molecule has 0 saturated carbocycles. The van der Waals surface area contributed by atoms with Crippen molar-refractivity contribution in [3.05, 3.63) is 35.9 Å². The first kappa shape index (κ1) is 9.93. The Balaban J connectivity index is 2.75. The molecular weight excluding hydrogens is 162 g/mol. The SMILES string of the molecule is CC(=O)[N+](C)(C)Cc1ccccc1. The summed E-state index contributed by atoms with van der Waals surface area (Å²) in [7, 11) is 3.85. The van der Waals surface area contributed by atoms with Crippen molar-refractivity contribution in [1.82, 2.24) is 0 Å². The van der Waals surface area contributed by atoms with E-state index in [-0.39, 0.29) is 5.91 Å². The topological polar surface area (TPSA) is 17.1 Å². The molecule has 0 atom stereocenters. The molecule has 1 aromatic carbocycles. The van der Waals surface area contributed by atoms with Crippen molar-refractivity contribution in [2.24, 2.45) is 0 Å². The molecule has 0 aliphatic carbocycles. The van der Waals surface area contributed by atoms with Crippen molar-refractivity contribution in [1.29, 1.82) is 0 Å². The number of hydrogen-bond donors (Lipinski definition) is 0. The van der Waals surface area contributed by atoms with Crippen LogP contribution >= 0.6 is 0 Å². The van der Waals surface area contributed by atoms with Crippen LogP contribution in [0.3, 0.4) is 0 Å². The highest BCUT2D eigenvalue weighted by atomic mass is 16.2. The fraction of sp³-hybridized carbons (Fsp3) is 0.364. The van der Waals surface area contributed by atoms with Gasteiger partial charge in [0.25, 0.3) is 0 Å². The molecule has 13 heavy (non-hydrogen) atoms. The van der Waals surface area contributed by atoms with E-state index in [4.69, 9.17) is 0 Å². The summed E-state index contributed by atoms with van der Waals surface area (Å²) in [4.78, 5) is 11.2. The number of hydrogen-bond acceptors (Lipinski definition) is 1. The van der Waals surface area contributed by atoms with E-state index in [1.165, 1.54) is 5.56 Å². The van der Waals surface area contributed by atoms with Gasteiger partial charge in [-0.2, -0.15) is 0 Å². The monoisotopic (exact) mass is 178 g/mol. The van der Waals surface area contributed by atoms with Gasteiger partial charge in [-0.25, -0.2) is 4.79 Å². The van der Waals surface area contributed by atoms with E-state index in [0.717, 1.165) is 6.54 Å². The summed E-state index contributed by atoms with van der Waals surface area (Å²) in [5.41, 5.74) is 1.20. The lowest BCUT2D eigenvalue weighted by molar-refractivity contribution is -0.827. The lowest BCUT2D eigenvalue weighted by atomic mass is 10.2. The van der Waals surface area contributed by atoms with Crippen LogP contribution in [0.5, 0.6) is 0 Å². The van der Waals surface area contributed by atoms with E-state index >= 15 is 0 Å². The van der Waals surface area contributed by atoms with Crippen molar-refractivity contribution in [2.75, 3.05) is 14.1 Å². The first-order chi connectivity index (χ1) is 6.02. The summed E-state index contributed by atoms with van der Waals surface area (Å²) < 4.78 is 0.407. The largest absolute Gasteiger partial charge is 0.310 e. The van der Waals surface area contributed by atoms with Gasteiger partial charge in [0, 0.05) is 5.56 Å². The average Bonchev–Trinajstić information content (AvgIpc) is 2.05. The zero-order valence-corrected chi connectivity index (χ0v) is 8.45. The van der Waals surface area contributed by atoms with Gasteiger partial charge in [-0.05, 0) is 0 Å². The average molecular weight is 178 g/mol. The Bertz CT molecular complexity index is 290. The molecule has 0 fully saturated rings. The lowest BCUT2D eigenvalue weighted by Crippen LogP contribution is -2.42. The van der Waals surface area contributed by atoms with E-state index in [9.17, 15) is 4.79 Å². The number of rotatable bonds is 2. The molecule has 70 valence electrons. The van der Waals surface area contributed by atoms with Gasteiger partial charge in [0.2, 0.25) is 0 Å². The van der Waals surface area contributed by atoms with Crippen LogP contribution in [0.15, 0.2) is 30.3 Å². The maximum atomic E-state index is 11.2. The summed E-state index contributed by atoms with van der Waals surface area (Å²) in [5.74, 6) is 0.184. The van der Waals surface area contributed by atoms with Crippen LogP contribution in [0.4, 0.5) is 0 Å². The van der Waals surface area contributed by atoms with Gasteiger partial charge in [-0.3, -0.25) is 4.48 Å². The highest BCUT2D eigenvalue weighted by molar-refractivity contribution is 5.65. The van der Waals surface area contributed by atoms with Crippen molar-refractivity contribution in [3.63, 3.8) is 0 Å². The molecule has 0 radical (unpaired) electrons. The van der Waals surface area contributed by atoms with E-state index in [1.807, 2.05) is 44.4 Å². The lowest BCUT2D eigenvalue weighted by Gasteiger charge is -2.25. The molecule has 0 unspecified atom stereocenters. The van der Waals surface area contributed by atoms with Crippen LogP contribution in [-0.4, -0.2) is 24.5 Å². The standard InChI is InChI=1S/C11H16NO/c1-10(13)12(2,3)9-11-7-5-4-6-8-11/h4-8H,9H2,1-3H3/q+1. The molecule has 0 aliphatic heterocycles. The number of amides is 1. The Morgan fingerprint density at radius 2 is 1.77 bits per heavy atom. The number of nitrogens with zero attached hydrogens (tertiary/aromatic N) is 1. The predicted octanol–water partition coefficient (Wildman–Crippen LogP) is 1.81. The van der Waals surface area contributed by atoms with Crippen LogP contribution < -0.4 is 0 Å². The zero-order chi connectivity index (χ0) is 9.90. The van der Waals surface area contributed by atoms with Gasteiger partial charge in [-0.15, -0.1) is 0 Å². The minimum Gasteiger partial charge on any atom is -0.262 e. The number of quaternary nitrogens is 1. The van der Waals surface area contributed by atoms with E-state index in [1.54, 1.807) is 6.92 Å². The Morgan fingerprint density at radius 3 is 2.23 bits per heavy atom. The quantitative estimate of drug-likeness (QED) is 0.631. The first-order valence-corrected chi connectivity index (χ1v) is 4.40. The highest BCUT2D eigenvalue weighted by Crippen LogP contribution is 2.08. The van der Waals surface area contributed by atoms with Crippen molar-refractivity contribution < 1.29 is 9.28 Å². The van der Waals surface area contributed by atoms with Gasteiger partial charge in [-0.1, -0.05) is 30.3 Å². The van der Waals surface area contributed by atoms with Gasteiger partial charge < -0.3 is 0 Å². The number of carbonyl (C=O) groups excluding carboxylic acids is 1. The Labute approximate surface area is 79.4 Å². The zero-order valence-electron chi connectivity index (χ0n) is 8.45. The van der Waals surface area contributed by atoms with E-state index < -0.39 is 0 Å². The predicted molar refractivity (Wildman–Crippen MR) is 52.9 cm³/mol. The van der Waals surface area contributed by atoms with Gasteiger partial charge in [0.15, 0.2) is 0 Å². The fourth-order valence-corrected chi connectivity index (χ4v) is 1.15. The number of benzene rings is 1. The molecule has 0 N–H and O–H groups in total. The third-order valence-corrected chi connectivity index (χ3v) is 2.27. The molecule has 0 spiro atoms. The molecule has 0 bridgehead atoms. The Kier molecular flexibility index (Phi) is 2.83. The Morgan fingerprint density at radius 1 is 1.23 bits per heavy atom. The molecule has 2 nitrogen and oxygen atoms in total. The highest BCUT2D eigenvalue weighted by Gasteiger charge is 2.21. The van der Waals surface area contributed by atoms with Crippen molar-refractivity contribution in [2.45, 2.75) is 13.5 Å². The second-order valence-corrected chi connectivity index (χ2v) is 3.85. The third-order valence-electron chi connectivity index (χ3n) is 2.27. The molecule has 0 heterocycles. The van der Waals surface area contributed by atoms with Crippen molar-refractivity contribution >= 4 is 5.91 Å². The summed E-state index contributed by atoms with van der Waals surface area (Å²) in [6.45, 7) is 2.39. The molecule has 0 aliphatic rings. The maximum Gasteiger partial charge on any atom is 0.310 e. The molecular formula is C11H16NO+. The van der Waals surface area contributed by atoms with E-state index in [0.29, 0.717) is 4.48 Å². The molecule has 2 heteroatoms. The van der Waals surface area contributed by atoms with Crippen LogP contribution in [0.2, 0.25) is 0 Å². The molecule has 1 amide bonds. The minimum absolute atomic E-state index is 0.184. The normalized spacial score (nSPS) is 11.3. The van der Waals surface area contributed by atoms with Gasteiger partial charge >= 0.3 is 5.91 Å². The summed E-state index contributed by atoms with van der Waals surface area (Å²) in [6.07, 6.45) is 0. The first-order valence-electron chi connectivity index (χ1n) is 4.40. The van der Waals surface area contributed by atoms with Gasteiger partial charge in [0.1, 0.15) is 6.54 Å². The maximum absolute atomic E-state index is 11.2. The van der Waals surface area contributed by atoms with Crippen LogP contribution in [0.25, 0.3) is 0 Å². The summed E-state index contributed by atoms with van der Waals surface area (Å²) in [6, 6.07) is 10.1. The molecule has 1 aromatic rings. The Hall–Kier alpha value is -1.15. The van der Waals surface area contributed by atoms with Gasteiger partial charge in [0.05, 0.1) is 21.0 Å². The molecule has 0 saturated heterocycles.